The standard InChI is InChI=1S/C12H18N2O4S/c1-8-6-14-10(9(2)12(8)13)7-19(16,17)5-4-11(15)18-3/h6H,4-5,7H2,1-3H3,(H2,13,14). The zero-order valence-corrected chi connectivity index (χ0v) is 12.1. The third-order valence-electron chi connectivity index (χ3n) is 2.88. The van der Waals surface area contributed by atoms with Gasteiger partial charge in [0.05, 0.1) is 30.7 Å². The number of carbonyl (C=O) groups excluding carboxylic acids is 1. The van der Waals surface area contributed by atoms with Crippen molar-refractivity contribution >= 4 is 21.5 Å². The van der Waals surface area contributed by atoms with Crippen molar-refractivity contribution in [3.8, 4) is 0 Å². The molecule has 1 rings (SSSR count). The fourth-order valence-corrected chi connectivity index (χ4v) is 2.89. The molecule has 106 valence electrons. The van der Waals surface area contributed by atoms with Crippen LogP contribution < -0.4 is 5.73 Å². The van der Waals surface area contributed by atoms with Crippen LogP contribution in [0.3, 0.4) is 0 Å². The first kappa shape index (κ1) is 15.4. The summed E-state index contributed by atoms with van der Waals surface area (Å²) in [6, 6.07) is 0. The normalized spacial score (nSPS) is 11.3. The van der Waals surface area contributed by atoms with Crippen LogP contribution in [-0.2, 0) is 25.1 Å². The minimum atomic E-state index is -3.41. The summed E-state index contributed by atoms with van der Waals surface area (Å²) in [5.41, 5.74) is 8.29. The van der Waals surface area contributed by atoms with Gasteiger partial charge in [-0.15, -0.1) is 0 Å². The molecular weight excluding hydrogens is 268 g/mol. The van der Waals surface area contributed by atoms with Crippen LogP contribution in [0, 0.1) is 13.8 Å². The maximum atomic E-state index is 11.9. The second-order valence-corrected chi connectivity index (χ2v) is 6.53. The summed E-state index contributed by atoms with van der Waals surface area (Å²) in [6.07, 6.45) is 1.40. The Balaban J connectivity index is 2.84. The van der Waals surface area contributed by atoms with Gasteiger partial charge in [0.15, 0.2) is 9.84 Å². The van der Waals surface area contributed by atoms with Crippen LogP contribution in [0.2, 0.25) is 0 Å². The molecule has 0 unspecified atom stereocenters. The molecule has 0 fully saturated rings. The van der Waals surface area contributed by atoms with Crippen LogP contribution in [-0.4, -0.2) is 32.2 Å². The van der Waals surface area contributed by atoms with Crippen molar-refractivity contribution in [2.24, 2.45) is 0 Å². The van der Waals surface area contributed by atoms with Gasteiger partial charge in [0.1, 0.15) is 0 Å². The van der Waals surface area contributed by atoms with E-state index in [1.54, 1.807) is 13.1 Å². The summed E-state index contributed by atoms with van der Waals surface area (Å²) >= 11 is 0. The summed E-state index contributed by atoms with van der Waals surface area (Å²) in [5, 5.41) is 0. The minimum absolute atomic E-state index is 0.154. The lowest BCUT2D eigenvalue weighted by molar-refractivity contribution is -0.140. The first-order valence-electron chi connectivity index (χ1n) is 5.74. The number of methoxy groups -OCH3 is 1. The SMILES string of the molecule is COC(=O)CCS(=O)(=O)Cc1ncc(C)c(N)c1C. The number of nitrogens with two attached hydrogens (primary N) is 1. The van der Waals surface area contributed by atoms with Crippen molar-refractivity contribution in [1.82, 2.24) is 4.98 Å². The number of hydrogen-bond donors (Lipinski definition) is 1. The molecular formula is C12H18N2O4S. The molecule has 0 atom stereocenters. The molecule has 0 amide bonds. The van der Waals surface area contributed by atoms with E-state index >= 15 is 0 Å². The molecule has 1 aromatic rings. The van der Waals surface area contributed by atoms with Crippen LogP contribution >= 0.6 is 0 Å². The Morgan fingerprint density at radius 3 is 2.63 bits per heavy atom. The van der Waals surface area contributed by atoms with Crippen molar-refractivity contribution in [3.63, 3.8) is 0 Å². The molecule has 0 aliphatic rings. The number of nitrogens with zero attached hydrogens (tertiary/aromatic N) is 1. The predicted octanol–water partition coefficient (Wildman–Crippen LogP) is 0.759. The van der Waals surface area contributed by atoms with Gasteiger partial charge in [0.2, 0.25) is 0 Å². The zero-order chi connectivity index (χ0) is 14.6. The van der Waals surface area contributed by atoms with Crippen molar-refractivity contribution < 1.29 is 17.9 Å². The highest BCUT2D eigenvalue weighted by Crippen LogP contribution is 2.19. The van der Waals surface area contributed by atoms with E-state index in [9.17, 15) is 13.2 Å². The van der Waals surface area contributed by atoms with Crippen LogP contribution in [0.5, 0.6) is 0 Å². The summed E-state index contributed by atoms with van der Waals surface area (Å²) in [6.45, 7) is 3.55. The molecule has 0 bridgehead atoms. The Bertz CT molecular complexity index is 582. The molecule has 0 aromatic carbocycles. The number of aromatic nitrogens is 1. The van der Waals surface area contributed by atoms with Gasteiger partial charge in [-0.25, -0.2) is 8.42 Å². The van der Waals surface area contributed by atoms with Crippen LogP contribution in [0.25, 0.3) is 0 Å². The lowest BCUT2D eigenvalue weighted by atomic mass is 10.1. The maximum absolute atomic E-state index is 11.9. The van der Waals surface area contributed by atoms with Crippen molar-refractivity contribution in [2.75, 3.05) is 18.6 Å². The molecule has 0 aliphatic carbocycles. The molecule has 19 heavy (non-hydrogen) atoms. The first-order valence-corrected chi connectivity index (χ1v) is 7.56. The Kier molecular flexibility index (Phi) is 4.88. The van der Waals surface area contributed by atoms with Crippen molar-refractivity contribution in [1.29, 1.82) is 0 Å². The molecule has 0 aliphatic heterocycles. The minimum Gasteiger partial charge on any atom is -0.469 e. The number of nitrogen functional groups attached to an aromatic ring is 1. The van der Waals surface area contributed by atoms with Crippen LogP contribution in [0.1, 0.15) is 23.2 Å². The third kappa shape index (κ3) is 4.20. The summed E-state index contributed by atoms with van der Waals surface area (Å²) in [7, 11) is -2.19. The second-order valence-electron chi connectivity index (χ2n) is 4.34. The zero-order valence-electron chi connectivity index (χ0n) is 11.3. The molecule has 1 heterocycles. The smallest absolute Gasteiger partial charge is 0.306 e. The summed E-state index contributed by atoms with van der Waals surface area (Å²) < 4.78 is 28.2. The highest BCUT2D eigenvalue weighted by Gasteiger charge is 2.18. The van der Waals surface area contributed by atoms with Gasteiger partial charge in [0.25, 0.3) is 0 Å². The van der Waals surface area contributed by atoms with Gasteiger partial charge >= 0.3 is 5.97 Å². The molecule has 0 radical (unpaired) electrons. The molecule has 2 N–H and O–H groups in total. The summed E-state index contributed by atoms with van der Waals surface area (Å²) in [5.74, 6) is -1.02. The number of ether oxygens (including phenoxy) is 1. The number of rotatable bonds is 5. The monoisotopic (exact) mass is 286 g/mol. The average molecular weight is 286 g/mol. The number of pyridine rings is 1. The Labute approximate surface area is 112 Å². The number of anilines is 1. The van der Waals surface area contributed by atoms with E-state index in [2.05, 4.69) is 9.72 Å². The molecule has 1 aromatic heterocycles. The van der Waals surface area contributed by atoms with E-state index in [1.807, 2.05) is 6.92 Å². The summed E-state index contributed by atoms with van der Waals surface area (Å²) in [4.78, 5) is 15.1. The van der Waals surface area contributed by atoms with Gasteiger partial charge in [0, 0.05) is 11.9 Å². The van der Waals surface area contributed by atoms with Gasteiger partial charge in [-0.05, 0) is 25.0 Å². The highest BCUT2D eigenvalue weighted by molar-refractivity contribution is 7.90. The molecule has 0 saturated heterocycles. The number of hydrogen-bond acceptors (Lipinski definition) is 6. The van der Waals surface area contributed by atoms with E-state index < -0.39 is 15.8 Å². The molecule has 0 spiro atoms. The first-order chi connectivity index (χ1) is 8.76. The Hall–Kier alpha value is -1.63. The van der Waals surface area contributed by atoms with Crippen molar-refractivity contribution in [3.05, 3.63) is 23.0 Å². The average Bonchev–Trinajstić information content (AvgIpc) is 2.37. The molecule has 7 heteroatoms. The topological polar surface area (TPSA) is 99.4 Å². The maximum Gasteiger partial charge on any atom is 0.306 e. The number of sulfone groups is 1. The quantitative estimate of drug-likeness (QED) is 0.802. The van der Waals surface area contributed by atoms with Crippen LogP contribution in [0.4, 0.5) is 5.69 Å². The lowest BCUT2D eigenvalue weighted by Gasteiger charge is -2.10. The fraction of sp³-hybridized carbons (Fsp3) is 0.500. The second kappa shape index (κ2) is 6.01. The van der Waals surface area contributed by atoms with E-state index in [0.717, 1.165) is 5.56 Å². The van der Waals surface area contributed by atoms with E-state index in [-0.39, 0.29) is 17.9 Å². The molecule has 6 nitrogen and oxygen atoms in total. The van der Waals surface area contributed by atoms with E-state index in [0.29, 0.717) is 16.9 Å². The largest absolute Gasteiger partial charge is 0.469 e. The van der Waals surface area contributed by atoms with E-state index in [1.165, 1.54) is 7.11 Å². The number of esters is 1. The predicted molar refractivity (Wildman–Crippen MR) is 72.2 cm³/mol. The lowest BCUT2D eigenvalue weighted by Crippen LogP contribution is -2.16. The van der Waals surface area contributed by atoms with Gasteiger partial charge in [-0.1, -0.05) is 0 Å². The molecule has 0 saturated carbocycles. The van der Waals surface area contributed by atoms with Crippen LogP contribution in [0.15, 0.2) is 6.20 Å². The fourth-order valence-electron chi connectivity index (χ4n) is 1.56. The highest BCUT2D eigenvalue weighted by atomic mass is 32.2. The van der Waals surface area contributed by atoms with Crippen molar-refractivity contribution in [2.45, 2.75) is 26.0 Å². The van der Waals surface area contributed by atoms with Gasteiger partial charge in [-0.2, -0.15) is 0 Å². The van der Waals surface area contributed by atoms with E-state index in [4.69, 9.17) is 5.73 Å². The van der Waals surface area contributed by atoms with Gasteiger partial charge in [-0.3, -0.25) is 9.78 Å². The Morgan fingerprint density at radius 2 is 2.05 bits per heavy atom. The van der Waals surface area contributed by atoms with Gasteiger partial charge < -0.3 is 10.5 Å². The number of aryl methyl sites for hydroxylation is 1. The Morgan fingerprint density at radius 1 is 1.42 bits per heavy atom. The third-order valence-corrected chi connectivity index (χ3v) is 4.42. The number of carbonyl (C=O) groups is 1.